The first-order valence-corrected chi connectivity index (χ1v) is 5.15. The number of hydrogen-bond acceptors (Lipinski definition) is 4. The number of rotatable bonds is 3. The fourth-order valence-electron chi connectivity index (χ4n) is 0.937. The van der Waals surface area contributed by atoms with Crippen molar-refractivity contribution in [2.75, 3.05) is 0 Å². The summed E-state index contributed by atoms with van der Waals surface area (Å²) in [7, 11) is 0. The highest BCUT2D eigenvalue weighted by atomic mass is 32.2. The zero-order valence-corrected chi connectivity index (χ0v) is 9.43. The second kappa shape index (κ2) is 4.57. The molecule has 0 saturated heterocycles. The molecule has 1 heterocycles. The number of aliphatic carboxylic acids is 1. The minimum atomic E-state index is -2.02. The number of thioether (sulfide) groups is 1. The van der Waals surface area contributed by atoms with Crippen LogP contribution in [0.4, 0.5) is 4.39 Å². The van der Waals surface area contributed by atoms with Crippen LogP contribution in [0.2, 0.25) is 0 Å². The Bertz CT molecular complexity index is 375. The third-order valence-corrected chi connectivity index (χ3v) is 2.82. The van der Waals surface area contributed by atoms with Crippen LogP contribution in [0.15, 0.2) is 5.16 Å². The lowest BCUT2D eigenvalue weighted by atomic mass is 10.2. The van der Waals surface area contributed by atoms with Gasteiger partial charge in [-0.15, -0.1) is 0 Å². The van der Waals surface area contributed by atoms with E-state index in [-0.39, 0.29) is 5.16 Å². The van der Waals surface area contributed by atoms with Gasteiger partial charge in [0, 0.05) is 11.4 Å². The molecular weight excluding hydrogens is 219 g/mol. The maximum atomic E-state index is 12.9. The van der Waals surface area contributed by atoms with E-state index in [0.717, 1.165) is 17.0 Å². The first-order valence-electron chi connectivity index (χ1n) is 4.27. The molecule has 15 heavy (non-hydrogen) atoms. The van der Waals surface area contributed by atoms with Crippen LogP contribution in [0.25, 0.3) is 0 Å². The molecular formula is C9H11FN2O2S. The summed E-state index contributed by atoms with van der Waals surface area (Å²) in [6.45, 7) is 5.42. The molecule has 1 atom stereocenters. The van der Waals surface area contributed by atoms with Crippen molar-refractivity contribution in [1.29, 1.82) is 0 Å². The van der Waals surface area contributed by atoms with Crippen LogP contribution in [0.5, 0.6) is 0 Å². The number of alkyl halides is 1. The van der Waals surface area contributed by atoms with E-state index >= 15 is 0 Å². The fourth-order valence-corrected chi connectivity index (χ4v) is 1.60. The molecule has 1 unspecified atom stereocenters. The van der Waals surface area contributed by atoms with Gasteiger partial charge in [0.15, 0.2) is 5.16 Å². The summed E-state index contributed by atoms with van der Waals surface area (Å²) >= 11 is 0.500. The van der Waals surface area contributed by atoms with E-state index in [1.807, 2.05) is 6.92 Å². The van der Waals surface area contributed by atoms with Crippen molar-refractivity contribution in [1.82, 2.24) is 9.97 Å². The van der Waals surface area contributed by atoms with Crippen LogP contribution in [0.1, 0.15) is 17.0 Å². The zero-order valence-electron chi connectivity index (χ0n) is 8.61. The Labute approximate surface area is 90.9 Å². The minimum absolute atomic E-state index is 0.158. The van der Waals surface area contributed by atoms with E-state index in [9.17, 15) is 9.18 Å². The molecule has 1 N–H and O–H groups in total. The molecule has 0 aliphatic carbocycles. The van der Waals surface area contributed by atoms with E-state index < -0.39 is 11.5 Å². The van der Waals surface area contributed by atoms with Gasteiger partial charge in [0.2, 0.25) is 5.50 Å². The number of hydrogen-bond donors (Lipinski definition) is 1. The largest absolute Gasteiger partial charge is 0.478 e. The van der Waals surface area contributed by atoms with Crippen molar-refractivity contribution < 1.29 is 14.3 Å². The molecule has 0 fully saturated rings. The Balaban J connectivity index is 2.92. The number of halogens is 1. The Morgan fingerprint density at radius 3 is 2.20 bits per heavy atom. The van der Waals surface area contributed by atoms with Crippen LogP contribution >= 0.6 is 11.8 Å². The molecule has 0 saturated carbocycles. The van der Waals surface area contributed by atoms with Gasteiger partial charge in [0.05, 0.1) is 0 Å². The number of nitrogens with zero attached hydrogens (tertiary/aromatic N) is 2. The fraction of sp³-hybridized carbons (Fsp3) is 0.444. The molecule has 0 aromatic carbocycles. The second-order valence-corrected chi connectivity index (χ2v) is 4.09. The van der Waals surface area contributed by atoms with Gasteiger partial charge in [0.25, 0.3) is 0 Å². The smallest absolute Gasteiger partial charge is 0.349 e. The van der Waals surface area contributed by atoms with Crippen molar-refractivity contribution in [2.24, 2.45) is 0 Å². The number of aryl methyl sites for hydroxylation is 2. The van der Waals surface area contributed by atoms with Gasteiger partial charge in [-0.1, -0.05) is 0 Å². The van der Waals surface area contributed by atoms with Crippen LogP contribution in [0, 0.1) is 20.8 Å². The summed E-state index contributed by atoms with van der Waals surface area (Å²) in [6, 6.07) is 0. The van der Waals surface area contributed by atoms with E-state index in [2.05, 4.69) is 9.97 Å². The highest BCUT2D eigenvalue weighted by Crippen LogP contribution is 2.22. The third-order valence-electron chi connectivity index (χ3n) is 2.02. The number of aromatic nitrogens is 2. The molecule has 0 radical (unpaired) electrons. The molecule has 0 amide bonds. The second-order valence-electron chi connectivity index (χ2n) is 3.07. The van der Waals surface area contributed by atoms with Crippen molar-refractivity contribution in [2.45, 2.75) is 31.4 Å². The van der Waals surface area contributed by atoms with Gasteiger partial charge in [-0.05, 0) is 38.1 Å². The summed E-state index contributed by atoms with van der Waals surface area (Å²) < 4.78 is 12.9. The molecule has 82 valence electrons. The minimum Gasteiger partial charge on any atom is -0.478 e. The van der Waals surface area contributed by atoms with Crippen molar-refractivity contribution in [3.63, 3.8) is 0 Å². The number of carbonyl (C=O) groups is 1. The van der Waals surface area contributed by atoms with Crippen LogP contribution in [-0.2, 0) is 4.79 Å². The van der Waals surface area contributed by atoms with Gasteiger partial charge >= 0.3 is 5.97 Å². The van der Waals surface area contributed by atoms with Crippen molar-refractivity contribution >= 4 is 17.7 Å². The van der Waals surface area contributed by atoms with Crippen LogP contribution < -0.4 is 0 Å². The van der Waals surface area contributed by atoms with Crippen molar-refractivity contribution in [3.8, 4) is 0 Å². The topological polar surface area (TPSA) is 63.1 Å². The molecule has 0 aliphatic heterocycles. The molecule has 1 aromatic heterocycles. The third kappa shape index (κ3) is 2.89. The number of carboxylic acid groups (broad SMARTS) is 1. The standard InChI is InChI=1S/C9H11FN2O2S/c1-4-5(2)11-9(12-6(4)3)15-7(10)8(13)14/h7H,1-3H3,(H,13,14). The first-order chi connectivity index (χ1) is 6.91. The summed E-state index contributed by atoms with van der Waals surface area (Å²) in [5, 5.41) is 8.54. The Hall–Kier alpha value is -1.17. The summed E-state index contributed by atoms with van der Waals surface area (Å²) in [5.74, 6) is -1.51. The van der Waals surface area contributed by atoms with Gasteiger partial charge in [-0.2, -0.15) is 0 Å². The summed E-state index contributed by atoms with van der Waals surface area (Å²) in [5.41, 5.74) is 0.391. The lowest BCUT2D eigenvalue weighted by Gasteiger charge is -2.06. The SMILES string of the molecule is Cc1nc(SC(F)C(=O)O)nc(C)c1C. The van der Waals surface area contributed by atoms with E-state index in [0.29, 0.717) is 11.8 Å². The average Bonchev–Trinajstić information content (AvgIpc) is 2.13. The average molecular weight is 230 g/mol. The Morgan fingerprint density at radius 1 is 1.33 bits per heavy atom. The summed E-state index contributed by atoms with van der Waals surface area (Å²) in [6.07, 6.45) is 0. The normalized spacial score (nSPS) is 12.5. The Morgan fingerprint density at radius 2 is 1.80 bits per heavy atom. The zero-order chi connectivity index (χ0) is 11.6. The monoisotopic (exact) mass is 230 g/mol. The highest BCUT2D eigenvalue weighted by molar-refractivity contribution is 8.00. The van der Waals surface area contributed by atoms with Crippen LogP contribution in [-0.4, -0.2) is 26.5 Å². The molecule has 6 heteroatoms. The molecule has 1 rings (SSSR count). The van der Waals surface area contributed by atoms with Crippen molar-refractivity contribution in [3.05, 3.63) is 17.0 Å². The lowest BCUT2D eigenvalue weighted by molar-refractivity contribution is -0.139. The lowest BCUT2D eigenvalue weighted by Crippen LogP contribution is -2.11. The molecule has 0 aliphatic rings. The Kier molecular flexibility index (Phi) is 3.62. The van der Waals surface area contributed by atoms with E-state index in [1.165, 1.54) is 0 Å². The maximum absolute atomic E-state index is 12.9. The summed E-state index contributed by atoms with van der Waals surface area (Å²) in [4.78, 5) is 18.3. The van der Waals surface area contributed by atoms with Crippen LogP contribution in [0.3, 0.4) is 0 Å². The van der Waals surface area contributed by atoms with Gasteiger partial charge in [-0.25, -0.2) is 19.2 Å². The quantitative estimate of drug-likeness (QED) is 0.634. The molecule has 1 aromatic rings. The molecule has 0 spiro atoms. The molecule has 4 nitrogen and oxygen atoms in total. The number of carboxylic acids is 1. The van der Waals surface area contributed by atoms with Gasteiger partial charge in [-0.3, -0.25) is 0 Å². The van der Waals surface area contributed by atoms with Gasteiger partial charge in [0.1, 0.15) is 0 Å². The van der Waals surface area contributed by atoms with E-state index in [1.54, 1.807) is 13.8 Å². The predicted octanol–water partition coefficient (Wildman–Crippen LogP) is 1.87. The first kappa shape index (κ1) is 11.9. The maximum Gasteiger partial charge on any atom is 0.349 e. The van der Waals surface area contributed by atoms with Gasteiger partial charge < -0.3 is 5.11 Å². The van der Waals surface area contributed by atoms with E-state index in [4.69, 9.17) is 5.11 Å². The predicted molar refractivity (Wildman–Crippen MR) is 54.6 cm³/mol. The highest BCUT2D eigenvalue weighted by Gasteiger charge is 2.19. The molecule has 0 bridgehead atoms.